The van der Waals surface area contributed by atoms with Crippen LogP contribution in [0.2, 0.25) is 0 Å². The molecule has 1 N–H and O–H groups in total. The molecule has 2 aliphatic rings. The molecule has 1 saturated heterocycles. The molecule has 0 aliphatic carbocycles. The van der Waals surface area contributed by atoms with Crippen LogP contribution in [0.25, 0.3) is 0 Å². The van der Waals surface area contributed by atoms with E-state index in [1.807, 2.05) is 18.2 Å². The lowest BCUT2D eigenvalue weighted by Crippen LogP contribution is -2.27. The summed E-state index contributed by atoms with van der Waals surface area (Å²) in [7, 11) is 0. The Hall–Kier alpha value is -1.53. The van der Waals surface area contributed by atoms with Gasteiger partial charge in [-0.15, -0.1) is 11.8 Å². The molecular formula is C15H17N3O2S. The van der Waals surface area contributed by atoms with Crippen LogP contribution in [0.5, 0.6) is 5.75 Å². The van der Waals surface area contributed by atoms with Crippen LogP contribution >= 0.6 is 11.8 Å². The third-order valence-electron chi connectivity index (χ3n) is 3.86. The molecule has 0 amide bonds. The summed E-state index contributed by atoms with van der Waals surface area (Å²) in [6.45, 7) is 1.02. The molecule has 2 atom stereocenters. The molecule has 1 fully saturated rings. The summed E-state index contributed by atoms with van der Waals surface area (Å²) in [5, 5.41) is 7.55. The lowest BCUT2D eigenvalue weighted by molar-refractivity contribution is 0.204. The summed E-state index contributed by atoms with van der Waals surface area (Å²) in [5.74, 6) is 3.06. The van der Waals surface area contributed by atoms with E-state index < -0.39 is 0 Å². The van der Waals surface area contributed by atoms with E-state index in [1.54, 1.807) is 11.8 Å². The second kappa shape index (κ2) is 5.69. The average molecular weight is 303 g/mol. The normalized spacial score (nSPS) is 25.1. The smallest absolute Gasteiger partial charge is 0.243 e. The second-order valence-electron chi connectivity index (χ2n) is 5.36. The highest BCUT2D eigenvalue weighted by Crippen LogP contribution is 2.39. The highest BCUT2D eigenvalue weighted by Gasteiger charge is 2.28. The van der Waals surface area contributed by atoms with Gasteiger partial charge in [-0.05, 0) is 31.5 Å². The second-order valence-corrected chi connectivity index (χ2v) is 6.42. The Bertz CT molecular complexity index is 625. The highest BCUT2D eigenvalue weighted by molar-refractivity contribution is 7.99. The van der Waals surface area contributed by atoms with Gasteiger partial charge < -0.3 is 14.6 Å². The van der Waals surface area contributed by atoms with E-state index in [4.69, 9.17) is 9.26 Å². The van der Waals surface area contributed by atoms with Crippen molar-refractivity contribution in [1.29, 1.82) is 0 Å². The number of fused-ring (bicyclic) bond motifs is 1. The largest absolute Gasteiger partial charge is 0.480 e. The van der Waals surface area contributed by atoms with Gasteiger partial charge in [0.1, 0.15) is 5.75 Å². The van der Waals surface area contributed by atoms with Gasteiger partial charge in [-0.3, -0.25) is 0 Å². The Balaban J connectivity index is 1.51. The number of aromatic nitrogens is 2. The fourth-order valence-electron chi connectivity index (χ4n) is 2.73. The van der Waals surface area contributed by atoms with E-state index in [1.165, 1.54) is 17.7 Å². The molecule has 3 heterocycles. The lowest BCUT2D eigenvalue weighted by atomic mass is 10.1. The molecule has 0 bridgehead atoms. The van der Waals surface area contributed by atoms with Gasteiger partial charge in [0.15, 0.2) is 6.10 Å². The first-order chi connectivity index (χ1) is 10.4. The fraction of sp³-hybridized carbons (Fsp3) is 0.467. The Labute approximate surface area is 127 Å². The van der Waals surface area contributed by atoms with Crippen molar-refractivity contribution in [3.63, 3.8) is 0 Å². The summed E-state index contributed by atoms with van der Waals surface area (Å²) in [5.41, 5.74) is 0. The van der Waals surface area contributed by atoms with Crippen molar-refractivity contribution in [2.45, 2.75) is 36.3 Å². The van der Waals surface area contributed by atoms with E-state index in [2.05, 4.69) is 21.5 Å². The number of nitrogens with one attached hydrogen (secondary N) is 1. The number of para-hydroxylation sites is 1. The Morgan fingerprint density at radius 3 is 3.10 bits per heavy atom. The summed E-state index contributed by atoms with van der Waals surface area (Å²) >= 11 is 1.77. The number of hydrogen-bond acceptors (Lipinski definition) is 6. The summed E-state index contributed by atoms with van der Waals surface area (Å²) < 4.78 is 11.4. The maximum Gasteiger partial charge on any atom is 0.243 e. The molecule has 0 radical (unpaired) electrons. The van der Waals surface area contributed by atoms with Gasteiger partial charge in [0.05, 0.1) is 6.04 Å². The molecule has 0 saturated carbocycles. The van der Waals surface area contributed by atoms with Crippen molar-refractivity contribution >= 4 is 11.8 Å². The summed E-state index contributed by atoms with van der Waals surface area (Å²) in [6.07, 6.45) is 3.35. The van der Waals surface area contributed by atoms with Crippen molar-refractivity contribution in [2.75, 3.05) is 12.3 Å². The zero-order chi connectivity index (χ0) is 14.1. The Morgan fingerprint density at radius 1 is 1.24 bits per heavy atom. The first kappa shape index (κ1) is 13.2. The first-order valence-electron chi connectivity index (χ1n) is 7.35. The Kier molecular flexibility index (Phi) is 3.57. The molecule has 1 aromatic carbocycles. The van der Waals surface area contributed by atoms with Crippen molar-refractivity contribution < 1.29 is 9.26 Å². The van der Waals surface area contributed by atoms with Crippen LogP contribution in [0.4, 0.5) is 0 Å². The molecule has 1 unspecified atom stereocenters. The third kappa shape index (κ3) is 2.65. The van der Waals surface area contributed by atoms with Crippen LogP contribution in [0, 0.1) is 0 Å². The third-order valence-corrected chi connectivity index (χ3v) is 4.98. The van der Waals surface area contributed by atoms with Gasteiger partial charge in [0.25, 0.3) is 0 Å². The Morgan fingerprint density at radius 2 is 2.19 bits per heavy atom. The molecule has 21 heavy (non-hydrogen) atoms. The van der Waals surface area contributed by atoms with E-state index in [-0.39, 0.29) is 12.1 Å². The number of rotatable bonds is 2. The van der Waals surface area contributed by atoms with Crippen molar-refractivity contribution in [2.24, 2.45) is 0 Å². The molecule has 2 aromatic rings. The van der Waals surface area contributed by atoms with Gasteiger partial charge in [-0.2, -0.15) is 4.98 Å². The average Bonchev–Trinajstić information content (AvgIpc) is 3.05. The fourth-order valence-corrected chi connectivity index (χ4v) is 3.71. The van der Waals surface area contributed by atoms with Gasteiger partial charge in [-0.25, -0.2) is 0 Å². The molecule has 1 aromatic heterocycles. The topological polar surface area (TPSA) is 60.2 Å². The van der Waals surface area contributed by atoms with Crippen molar-refractivity contribution in [3.05, 3.63) is 36.0 Å². The molecular weight excluding hydrogens is 286 g/mol. The van der Waals surface area contributed by atoms with Crippen LogP contribution in [0.15, 0.2) is 33.7 Å². The van der Waals surface area contributed by atoms with Crippen LogP contribution in [0.1, 0.15) is 43.1 Å². The van der Waals surface area contributed by atoms with Crippen LogP contribution in [0.3, 0.4) is 0 Å². The summed E-state index contributed by atoms with van der Waals surface area (Å²) in [6, 6.07) is 8.26. The van der Waals surface area contributed by atoms with Gasteiger partial charge in [0, 0.05) is 10.6 Å². The molecule has 5 nitrogen and oxygen atoms in total. The number of piperidine rings is 1. The minimum atomic E-state index is -0.133. The van der Waals surface area contributed by atoms with Crippen LogP contribution < -0.4 is 10.1 Å². The van der Waals surface area contributed by atoms with E-state index in [0.717, 1.165) is 24.5 Å². The van der Waals surface area contributed by atoms with Crippen molar-refractivity contribution in [1.82, 2.24) is 15.5 Å². The first-order valence-corrected chi connectivity index (χ1v) is 8.34. The van der Waals surface area contributed by atoms with E-state index in [0.29, 0.717) is 11.7 Å². The number of thioether (sulfide) groups is 1. The van der Waals surface area contributed by atoms with Gasteiger partial charge >= 0.3 is 0 Å². The molecule has 4 rings (SSSR count). The maximum absolute atomic E-state index is 5.99. The monoisotopic (exact) mass is 303 g/mol. The molecule has 110 valence electrons. The molecule has 0 spiro atoms. The number of hydrogen-bond donors (Lipinski definition) is 1. The standard InChI is InChI=1S/C15H17N3O2S/c1-2-7-13-11(6-1)19-12(9-21-13)14-17-15(20-18-14)10-5-3-4-8-16-10/h1-2,6-7,10,12,16H,3-5,8-9H2/t10-,12?/m1/s1. The zero-order valence-corrected chi connectivity index (χ0v) is 12.4. The van der Waals surface area contributed by atoms with Gasteiger partial charge in [0.2, 0.25) is 11.7 Å². The quantitative estimate of drug-likeness (QED) is 0.920. The molecule has 6 heteroatoms. The van der Waals surface area contributed by atoms with Gasteiger partial charge in [-0.1, -0.05) is 23.7 Å². The number of benzene rings is 1. The van der Waals surface area contributed by atoms with E-state index in [9.17, 15) is 0 Å². The van der Waals surface area contributed by atoms with Crippen LogP contribution in [-0.4, -0.2) is 22.4 Å². The predicted molar refractivity (Wildman–Crippen MR) is 79.4 cm³/mol. The predicted octanol–water partition coefficient (Wildman–Crippen LogP) is 3.11. The number of ether oxygens (including phenoxy) is 1. The lowest BCUT2D eigenvalue weighted by Gasteiger charge is -2.23. The van der Waals surface area contributed by atoms with E-state index >= 15 is 0 Å². The molecule has 2 aliphatic heterocycles. The zero-order valence-electron chi connectivity index (χ0n) is 11.6. The maximum atomic E-state index is 5.99. The number of nitrogens with zero attached hydrogens (tertiary/aromatic N) is 2. The minimum Gasteiger partial charge on any atom is -0.480 e. The van der Waals surface area contributed by atoms with Crippen molar-refractivity contribution in [3.8, 4) is 5.75 Å². The van der Waals surface area contributed by atoms with Crippen LogP contribution in [-0.2, 0) is 0 Å². The summed E-state index contributed by atoms with van der Waals surface area (Å²) in [4.78, 5) is 5.72. The minimum absolute atomic E-state index is 0.133. The highest BCUT2D eigenvalue weighted by atomic mass is 32.2. The SMILES string of the molecule is c1ccc2c(c1)OC(c1noc([C@H]3CCCCN3)n1)CS2.